The first-order valence-corrected chi connectivity index (χ1v) is 15.7. The molecule has 1 aromatic heterocycles. The minimum Gasteiger partial charge on any atom is -0.321 e. The molecule has 0 aliphatic rings. The molecule has 1 unspecified atom stereocenters. The quantitative estimate of drug-likeness (QED) is 0.110. The summed E-state index contributed by atoms with van der Waals surface area (Å²) >= 11 is 2.74. The Morgan fingerprint density at radius 2 is 1.55 bits per heavy atom. The number of aromatic nitrogens is 1. The maximum atomic E-state index is 13.5. The molecule has 0 saturated heterocycles. The predicted molar refractivity (Wildman–Crippen MR) is 180 cm³/mol. The van der Waals surface area contributed by atoms with E-state index in [1.807, 2.05) is 92.0 Å². The van der Waals surface area contributed by atoms with Gasteiger partial charge in [0.05, 0.1) is 10.9 Å². The highest BCUT2D eigenvalue weighted by molar-refractivity contribution is 8.00. The number of hydrogen-bond donors (Lipinski definition) is 3. The van der Waals surface area contributed by atoms with Gasteiger partial charge in [0.25, 0.3) is 11.8 Å². The molecule has 1 heterocycles. The van der Waals surface area contributed by atoms with Crippen molar-refractivity contribution >= 4 is 57.7 Å². The Morgan fingerprint density at radius 1 is 0.841 bits per heavy atom. The van der Waals surface area contributed by atoms with Crippen LogP contribution in [0.2, 0.25) is 0 Å². The molecule has 3 N–H and O–H groups in total. The summed E-state index contributed by atoms with van der Waals surface area (Å²) in [5.74, 6) is -1.03. The average Bonchev–Trinajstić information content (AvgIpc) is 3.51. The van der Waals surface area contributed by atoms with E-state index in [1.165, 1.54) is 23.1 Å². The second-order valence-electron chi connectivity index (χ2n) is 9.87. The van der Waals surface area contributed by atoms with Crippen LogP contribution in [0.1, 0.15) is 28.4 Å². The van der Waals surface area contributed by atoms with E-state index in [-0.39, 0.29) is 17.5 Å². The summed E-state index contributed by atoms with van der Waals surface area (Å²) in [7, 11) is 0. The van der Waals surface area contributed by atoms with Crippen molar-refractivity contribution in [3.8, 4) is 11.3 Å². The van der Waals surface area contributed by atoms with Gasteiger partial charge in [-0.05, 0) is 61.4 Å². The number of nitrogens with one attached hydrogen (secondary N) is 3. The third-order valence-corrected chi connectivity index (χ3v) is 8.45. The number of nitrogens with zero attached hydrogens (tertiary/aromatic N) is 1. The summed E-state index contributed by atoms with van der Waals surface area (Å²) in [6.07, 6.45) is 1.67. The molecule has 44 heavy (non-hydrogen) atoms. The minimum atomic E-state index is -0.469. The molecule has 9 heteroatoms. The third-order valence-electron chi connectivity index (χ3n) is 6.59. The number of amides is 3. The van der Waals surface area contributed by atoms with Gasteiger partial charge in [-0.2, -0.15) is 0 Å². The van der Waals surface area contributed by atoms with Gasteiger partial charge in [0, 0.05) is 27.1 Å². The summed E-state index contributed by atoms with van der Waals surface area (Å²) in [5.41, 5.74) is 4.66. The zero-order chi connectivity index (χ0) is 30.9. The van der Waals surface area contributed by atoms with E-state index in [0.717, 1.165) is 27.3 Å². The van der Waals surface area contributed by atoms with Gasteiger partial charge in [0.2, 0.25) is 5.91 Å². The van der Waals surface area contributed by atoms with Gasteiger partial charge in [-0.1, -0.05) is 78.9 Å². The van der Waals surface area contributed by atoms with Crippen molar-refractivity contribution in [2.45, 2.75) is 24.0 Å². The summed E-state index contributed by atoms with van der Waals surface area (Å²) in [5, 5.41) is 10.6. The van der Waals surface area contributed by atoms with Crippen molar-refractivity contribution in [1.82, 2.24) is 10.3 Å². The Hall–Kier alpha value is -4.99. The second kappa shape index (κ2) is 14.5. The molecule has 1 atom stereocenters. The highest BCUT2D eigenvalue weighted by atomic mass is 32.2. The van der Waals surface area contributed by atoms with Crippen LogP contribution in [0.5, 0.6) is 0 Å². The molecule has 0 bridgehead atoms. The van der Waals surface area contributed by atoms with Gasteiger partial charge in [0.1, 0.15) is 5.70 Å². The number of anilines is 2. The van der Waals surface area contributed by atoms with E-state index in [2.05, 4.69) is 20.9 Å². The van der Waals surface area contributed by atoms with Crippen molar-refractivity contribution in [3.63, 3.8) is 0 Å². The molecule has 3 amide bonds. The van der Waals surface area contributed by atoms with Crippen LogP contribution in [0.15, 0.2) is 125 Å². The Bertz CT molecular complexity index is 1800. The van der Waals surface area contributed by atoms with Crippen LogP contribution in [0.3, 0.4) is 0 Å². The van der Waals surface area contributed by atoms with Crippen LogP contribution in [-0.4, -0.2) is 28.0 Å². The van der Waals surface area contributed by atoms with E-state index in [1.54, 1.807) is 42.5 Å². The lowest BCUT2D eigenvalue weighted by Gasteiger charge is -2.14. The molecule has 5 aromatic rings. The lowest BCUT2D eigenvalue weighted by molar-refractivity contribution is -0.115. The molecular formula is C35H30N4O3S2. The number of rotatable bonds is 10. The van der Waals surface area contributed by atoms with Gasteiger partial charge in [-0.3, -0.25) is 14.4 Å². The molecule has 5 rings (SSSR count). The van der Waals surface area contributed by atoms with E-state index in [4.69, 9.17) is 0 Å². The zero-order valence-corrected chi connectivity index (χ0v) is 25.7. The first-order valence-electron chi connectivity index (χ1n) is 13.9. The van der Waals surface area contributed by atoms with Crippen molar-refractivity contribution in [3.05, 3.63) is 137 Å². The Labute approximate surface area is 264 Å². The van der Waals surface area contributed by atoms with Crippen molar-refractivity contribution in [1.29, 1.82) is 0 Å². The minimum absolute atomic E-state index is 0.109. The molecule has 0 radical (unpaired) electrons. The SMILES string of the molecule is Cc1ccccc1/C=C(\NC(=O)c1ccccc1)C(=O)Nc1cccc(SC(C)C(=O)Nc2nc(-c3ccccc3)cs2)c1. The zero-order valence-electron chi connectivity index (χ0n) is 24.1. The summed E-state index contributed by atoms with van der Waals surface area (Å²) in [6, 6.07) is 33.4. The maximum Gasteiger partial charge on any atom is 0.272 e. The van der Waals surface area contributed by atoms with Gasteiger partial charge in [0.15, 0.2) is 5.13 Å². The summed E-state index contributed by atoms with van der Waals surface area (Å²) < 4.78 is 0. The topological polar surface area (TPSA) is 100 Å². The Morgan fingerprint density at radius 3 is 2.30 bits per heavy atom. The fourth-order valence-corrected chi connectivity index (χ4v) is 5.88. The molecule has 0 saturated carbocycles. The number of thiazole rings is 1. The summed E-state index contributed by atoms with van der Waals surface area (Å²) in [4.78, 5) is 44.7. The number of hydrogen-bond acceptors (Lipinski definition) is 6. The van der Waals surface area contributed by atoms with Crippen LogP contribution >= 0.6 is 23.1 Å². The average molecular weight is 619 g/mol. The first kappa shape index (κ1) is 30.5. The van der Waals surface area contributed by atoms with Crippen LogP contribution < -0.4 is 16.0 Å². The summed E-state index contributed by atoms with van der Waals surface area (Å²) in [6.45, 7) is 3.76. The van der Waals surface area contributed by atoms with Gasteiger partial charge in [-0.25, -0.2) is 4.98 Å². The number of benzene rings is 4. The maximum absolute atomic E-state index is 13.5. The molecule has 0 spiro atoms. The van der Waals surface area contributed by atoms with E-state index < -0.39 is 11.2 Å². The lowest BCUT2D eigenvalue weighted by atomic mass is 10.1. The highest BCUT2D eigenvalue weighted by Crippen LogP contribution is 2.29. The van der Waals surface area contributed by atoms with Gasteiger partial charge in [-0.15, -0.1) is 23.1 Å². The normalized spacial score (nSPS) is 11.8. The molecule has 0 aliphatic heterocycles. The van der Waals surface area contributed by atoms with Crippen molar-refractivity contribution in [2.75, 3.05) is 10.6 Å². The van der Waals surface area contributed by atoms with E-state index >= 15 is 0 Å². The molecule has 0 aliphatic carbocycles. The third kappa shape index (κ3) is 8.09. The van der Waals surface area contributed by atoms with Crippen LogP contribution in [0, 0.1) is 6.92 Å². The van der Waals surface area contributed by atoms with Crippen LogP contribution in [0.4, 0.5) is 10.8 Å². The molecule has 4 aromatic carbocycles. The molecule has 220 valence electrons. The van der Waals surface area contributed by atoms with Gasteiger partial charge < -0.3 is 16.0 Å². The number of thioether (sulfide) groups is 1. The Kier molecular flexibility index (Phi) is 10.0. The monoisotopic (exact) mass is 618 g/mol. The Balaban J connectivity index is 1.26. The van der Waals surface area contributed by atoms with Crippen molar-refractivity contribution < 1.29 is 14.4 Å². The molecule has 7 nitrogen and oxygen atoms in total. The smallest absolute Gasteiger partial charge is 0.272 e. The number of carbonyl (C=O) groups excluding carboxylic acids is 3. The van der Waals surface area contributed by atoms with Crippen molar-refractivity contribution in [2.24, 2.45) is 0 Å². The van der Waals surface area contributed by atoms with Crippen LogP contribution in [-0.2, 0) is 9.59 Å². The highest BCUT2D eigenvalue weighted by Gasteiger charge is 2.18. The number of carbonyl (C=O) groups is 3. The lowest BCUT2D eigenvalue weighted by Crippen LogP contribution is -2.30. The van der Waals surface area contributed by atoms with Crippen LogP contribution in [0.25, 0.3) is 17.3 Å². The van der Waals surface area contributed by atoms with E-state index in [9.17, 15) is 14.4 Å². The fraction of sp³-hybridized carbons (Fsp3) is 0.0857. The fourth-order valence-electron chi connectivity index (χ4n) is 4.23. The predicted octanol–water partition coefficient (Wildman–Crippen LogP) is 7.65. The standard InChI is InChI=1S/C35H30N4O3S2/c1-23-12-9-10-17-27(23)20-30(37-33(41)26-15-7-4-8-16-26)34(42)36-28-18-11-19-29(21-28)44-24(2)32(40)39-35-38-31(22-43-35)25-13-5-3-6-14-25/h3-22,24H,1-2H3,(H,36,42)(H,37,41)(H,38,39,40)/b30-20-. The largest absolute Gasteiger partial charge is 0.321 e. The van der Waals surface area contributed by atoms with Gasteiger partial charge >= 0.3 is 0 Å². The molecule has 0 fully saturated rings. The first-order chi connectivity index (χ1) is 21.4. The van der Waals surface area contributed by atoms with E-state index in [0.29, 0.717) is 16.4 Å². The number of aryl methyl sites for hydroxylation is 1. The second-order valence-corrected chi connectivity index (χ2v) is 12.1. The molecular weight excluding hydrogens is 589 g/mol.